The van der Waals surface area contributed by atoms with E-state index in [0.717, 1.165) is 59.5 Å². The summed E-state index contributed by atoms with van der Waals surface area (Å²) in [4.78, 5) is 0. The first kappa shape index (κ1) is 42.9. The van der Waals surface area contributed by atoms with Gasteiger partial charge in [-0.05, 0) is 139 Å². The molecular weight excluding hydrogens is 621 g/mol. The van der Waals surface area contributed by atoms with Gasteiger partial charge in [0, 0.05) is 11.5 Å². The van der Waals surface area contributed by atoms with Gasteiger partial charge >= 0.3 is 0 Å². The molecule has 0 radical (unpaired) electrons. The maximum Gasteiger partial charge on any atom is 0.127 e. The lowest BCUT2D eigenvalue weighted by atomic mass is 9.72. The van der Waals surface area contributed by atoms with Crippen molar-refractivity contribution in [3.05, 3.63) is 81.0 Å². The lowest BCUT2D eigenvalue weighted by molar-refractivity contribution is -0.000133. The molecule has 0 saturated carbocycles. The van der Waals surface area contributed by atoms with Crippen molar-refractivity contribution in [1.82, 2.24) is 0 Å². The number of benzene rings is 1. The average Bonchev–Trinajstić information content (AvgIpc) is 3.05. The second kappa shape index (κ2) is 19.6. The van der Waals surface area contributed by atoms with Crippen molar-refractivity contribution in [2.45, 2.75) is 186 Å². The molecule has 1 aliphatic heterocycles. The topological polar surface area (TPSA) is 29.5 Å². The molecule has 2 nitrogen and oxygen atoms in total. The molecule has 1 aromatic carbocycles. The molecule has 0 saturated heterocycles. The summed E-state index contributed by atoms with van der Waals surface area (Å²) in [6, 6.07) is 0. The van der Waals surface area contributed by atoms with Gasteiger partial charge in [-0.15, -0.1) is 0 Å². The van der Waals surface area contributed by atoms with Gasteiger partial charge in [0.05, 0.1) is 0 Å². The summed E-state index contributed by atoms with van der Waals surface area (Å²) in [6.45, 7) is 29.7. The van der Waals surface area contributed by atoms with Crippen LogP contribution in [0.5, 0.6) is 11.5 Å². The van der Waals surface area contributed by atoms with Gasteiger partial charge in [-0.3, -0.25) is 0 Å². The number of phenols is 1. The maximum absolute atomic E-state index is 10.8. The van der Waals surface area contributed by atoms with Crippen molar-refractivity contribution in [2.75, 3.05) is 0 Å². The Hall–Kier alpha value is -2.48. The first-order valence-corrected chi connectivity index (χ1v) is 20.9. The van der Waals surface area contributed by atoms with E-state index in [1.165, 1.54) is 92.9 Å². The zero-order chi connectivity index (χ0) is 37.9. The van der Waals surface area contributed by atoms with Gasteiger partial charge in [0.2, 0.25) is 0 Å². The monoisotopic (exact) mass is 699 g/mol. The fraction of sp³-hybridized carbons (Fsp3) is 0.673. The van der Waals surface area contributed by atoms with Crippen molar-refractivity contribution in [3.63, 3.8) is 0 Å². The molecular formula is C49H78O2. The van der Waals surface area contributed by atoms with Crippen molar-refractivity contribution in [2.24, 2.45) is 29.1 Å². The summed E-state index contributed by atoms with van der Waals surface area (Å²) < 4.78 is 7.09. The van der Waals surface area contributed by atoms with Crippen LogP contribution < -0.4 is 4.74 Å². The molecule has 286 valence electrons. The summed E-state index contributed by atoms with van der Waals surface area (Å²) in [5, 5.41) is 10.8. The van der Waals surface area contributed by atoms with E-state index in [9.17, 15) is 5.11 Å². The number of ether oxygens (including phenoxy) is 1. The van der Waals surface area contributed by atoms with Crippen LogP contribution in [0.2, 0.25) is 0 Å². The Morgan fingerprint density at radius 2 is 1.41 bits per heavy atom. The number of hydrogen-bond acceptors (Lipinski definition) is 2. The molecule has 0 amide bonds. The average molecular weight is 699 g/mol. The Morgan fingerprint density at radius 3 is 2.06 bits per heavy atom. The predicted octanol–water partition coefficient (Wildman–Crippen LogP) is 15.0. The Labute approximate surface area is 316 Å². The van der Waals surface area contributed by atoms with Crippen LogP contribution in [-0.2, 0) is 6.42 Å². The molecule has 0 aromatic heterocycles. The standard InChI is InChI=1S/C49H78O2/c1-34(2)18-14-19-35(3)20-15-21-36(4)25-28-43(49(13)33-31-44-42(10)46(50)40(8)41(9)47(44)51-49)29-26-37(5)22-16-23-38(6)27-30-45-39(7)24-17-32-48(45,11)12/h16,22-23,26-27,30,34-36,43,50H,14-15,17-21,24-25,28-29,31-33H2,1-13H3/t35-,36-,43?,49+/m1/s1. The number of rotatable bonds is 18. The number of phenolic OH excluding ortho intramolecular Hbond substituents is 1. The van der Waals surface area contributed by atoms with Crippen LogP contribution >= 0.6 is 0 Å². The lowest BCUT2D eigenvalue weighted by Crippen LogP contribution is -2.44. The number of allylic oxidation sites excluding steroid dienone is 10. The Kier molecular flexibility index (Phi) is 16.5. The fourth-order valence-electron chi connectivity index (χ4n) is 8.72. The van der Waals surface area contributed by atoms with Crippen LogP contribution in [-0.4, -0.2) is 10.7 Å². The van der Waals surface area contributed by atoms with E-state index in [0.29, 0.717) is 11.7 Å². The van der Waals surface area contributed by atoms with E-state index in [-0.39, 0.29) is 11.0 Å². The molecule has 51 heavy (non-hydrogen) atoms. The van der Waals surface area contributed by atoms with E-state index in [1.54, 1.807) is 5.57 Å². The van der Waals surface area contributed by atoms with E-state index in [2.05, 4.69) is 120 Å². The molecule has 0 spiro atoms. The first-order chi connectivity index (χ1) is 23.9. The Bertz CT molecular complexity index is 1440. The molecule has 1 unspecified atom stereocenters. The minimum Gasteiger partial charge on any atom is -0.507 e. The molecule has 1 aromatic rings. The third-order valence-corrected chi connectivity index (χ3v) is 12.8. The number of aromatic hydroxyl groups is 1. The van der Waals surface area contributed by atoms with Crippen LogP contribution in [0.4, 0.5) is 0 Å². The fourth-order valence-corrected chi connectivity index (χ4v) is 8.72. The highest BCUT2D eigenvalue weighted by Crippen LogP contribution is 2.47. The van der Waals surface area contributed by atoms with Gasteiger partial charge in [0.1, 0.15) is 17.1 Å². The molecule has 1 aliphatic carbocycles. The Balaban J connectivity index is 1.71. The quantitative estimate of drug-likeness (QED) is 0.155. The van der Waals surface area contributed by atoms with Gasteiger partial charge in [-0.25, -0.2) is 0 Å². The summed E-state index contributed by atoms with van der Waals surface area (Å²) >= 11 is 0. The normalized spacial score (nSPS) is 21.8. The zero-order valence-corrected chi connectivity index (χ0v) is 35.5. The summed E-state index contributed by atoms with van der Waals surface area (Å²) in [6.07, 6.45) is 31.2. The van der Waals surface area contributed by atoms with Gasteiger partial charge in [-0.2, -0.15) is 0 Å². The molecule has 3 rings (SSSR count). The largest absolute Gasteiger partial charge is 0.507 e. The van der Waals surface area contributed by atoms with Gasteiger partial charge in [0.15, 0.2) is 0 Å². The third kappa shape index (κ3) is 12.6. The number of hydrogen-bond donors (Lipinski definition) is 1. The summed E-state index contributed by atoms with van der Waals surface area (Å²) in [5.74, 6) is 4.28. The predicted molar refractivity (Wildman–Crippen MR) is 224 cm³/mol. The smallest absolute Gasteiger partial charge is 0.127 e. The van der Waals surface area contributed by atoms with E-state index in [1.807, 2.05) is 6.92 Å². The van der Waals surface area contributed by atoms with Crippen molar-refractivity contribution in [3.8, 4) is 11.5 Å². The molecule has 0 bridgehead atoms. The van der Waals surface area contributed by atoms with E-state index >= 15 is 0 Å². The minimum absolute atomic E-state index is 0.236. The lowest BCUT2D eigenvalue weighted by Gasteiger charge is -2.43. The van der Waals surface area contributed by atoms with Crippen LogP contribution in [0.15, 0.2) is 58.7 Å². The SMILES string of the molecule is CC(C=CC1=C(C)CCCC1(C)C)=CC=CC(C)=CCC(CC[C@H](C)CCC[C@H](C)CCCC(C)C)[C@]1(C)CCc2c(C)c(O)c(C)c(C)c2O1. The highest BCUT2D eigenvalue weighted by Gasteiger charge is 2.40. The molecule has 2 heteroatoms. The van der Waals surface area contributed by atoms with E-state index < -0.39 is 0 Å². The van der Waals surface area contributed by atoms with Crippen LogP contribution in [0.1, 0.15) is 175 Å². The van der Waals surface area contributed by atoms with Crippen molar-refractivity contribution in [1.29, 1.82) is 0 Å². The second-order valence-electron chi connectivity index (χ2n) is 18.4. The van der Waals surface area contributed by atoms with Crippen LogP contribution in [0.25, 0.3) is 0 Å². The molecule has 1 N–H and O–H groups in total. The molecule has 1 heterocycles. The minimum atomic E-state index is -0.236. The maximum atomic E-state index is 10.8. The summed E-state index contributed by atoms with van der Waals surface area (Å²) in [7, 11) is 0. The van der Waals surface area contributed by atoms with Gasteiger partial charge in [-0.1, -0.05) is 140 Å². The summed E-state index contributed by atoms with van der Waals surface area (Å²) in [5.41, 5.74) is 9.94. The van der Waals surface area contributed by atoms with Gasteiger partial charge < -0.3 is 9.84 Å². The number of fused-ring (bicyclic) bond motifs is 1. The van der Waals surface area contributed by atoms with Crippen LogP contribution in [0, 0.1) is 49.9 Å². The molecule has 0 fully saturated rings. The van der Waals surface area contributed by atoms with Crippen molar-refractivity contribution >= 4 is 0 Å². The van der Waals surface area contributed by atoms with E-state index in [4.69, 9.17) is 4.74 Å². The molecule has 4 atom stereocenters. The molecule has 2 aliphatic rings. The van der Waals surface area contributed by atoms with Crippen LogP contribution in [0.3, 0.4) is 0 Å². The Morgan fingerprint density at radius 1 is 0.765 bits per heavy atom. The van der Waals surface area contributed by atoms with Gasteiger partial charge in [0.25, 0.3) is 0 Å². The van der Waals surface area contributed by atoms with Crippen molar-refractivity contribution < 1.29 is 9.84 Å². The highest BCUT2D eigenvalue weighted by atomic mass is 16.5. The first-order valence-electron chi connectivity index (χ1n) is 20.9. The third-order valence-electron chi connectivity index (χ3n) is 12.8. The highest BCUT2D eigenvalue weighted by molar-refractivity contribution is 5.58. The zero-order valence-electron chi connectivity index (χ0n) is 35.5. The second-order valence-corrected chi connectivity index (χ2v) is 18.4.